The maximum Gasteiger partial charge on any atom is 0.186 e. The molecule has 4 heteroatoms. The predicted octanol–water partition coefficient (Wildman–Crippen LogP) is 2.94. The zero-order valence-corrected chi connectivity index (χ0v) is 11.9. The molecule has 0 amide bonds. The number of anilines is 1. The molecule has 0 unspecified atom stereocenters. The molecule has 1 heterocycles. The van der Waals surface area contributed by atoms with Gasteiger partial charge in [0.25, 0.3) is 0 Å². The van der Waals surface area contributed by atoms with Crippen LogP contribution in [0.5, 0.6) is 0 Å². The molecule has 0 aliphatic heterocycles. The summed E-state index contributed by atoms with van der Waals surface area (Å²) in [5, 5.41) is 4.46. The van der Waals surface area contributed by atoms with Crippen LogP contribution in [0.15, 0.2) is 0 Å². The standard InChI is InChI=1S/C13H23N3S/c1-4-5-8-16(11-6-7-11)13-15-10(2)12(17-13)9-14-3/h11,14H,4-9H2,1-3H3. The molecule has 0 saturated heterocycles. The Morgan fingerprint density at radius 2 is 2.24 bits per heavy atom. The number of unbranched alkanes of at least 4 members (excludes halogenated alkanes) is 1. The molecule has 1 aliphatic carbocycles. The van der Waals surface area contributed by atoms with Crippen molar-refractivity contribution in [2.45, 2.75) is 52.1 Å². The third kappa shape index (κ3) is 3.19. The highest BCUT2D eigenvalue weighted by Gasteiger charge is 2.30. The van der Waals surface area contributed by atoms with Gasteiger partial charge >= 0.3 is 0 Å². The van der Waals surface area contributed by atoms with Gasteiger partial charge in [0.2, 0.25) is 0 Å². The highest BCUT2D eigenvalue weighted by Crippen LogP contribution is 2.35. The normalized spacial score (nSPS) is 15.2. The quantitative estimate of drug-likeness (QED) is 0.810. The number of hydrogen-bond acceptors (Lipinski definition) is 4. The second-order valence-electron chi connectivity index (χ2n) is 4.81. The van der Waals surface area contributed by atoms with E-state index in [1.54, 1.807) is 0 Å². The van der Waals surface area contributed by atoms with Crippen LogP contribution < -0.4 is 10.2 Å². The fourth-order valence-electron chi connectivity index (χ4n) is 2.01. The van der Waals surface area contributed by atoms with Gasteiger partial charge < -0.3 is 10.2 Å². The van der Waals surface area contributed by atoms with Gasteiger partial charge in [-0.15, -0.1) is 11.3 Å². The Labute approximate surface area is 108 Å². The maximum absolute atomic E-state index is 4.75. The first kappa shape index (κ1) is 12.8. The molecule has 1 aliphatic rings. The Morgan fingerprint density at radius 1 is 1.47 bits per heavy atom. The van der Waals surface area contributed by atoms with E-state index in [2.05, 4.69) is 24.1 Å². The molecule has 1 aromatic heterocycles. The molecule has 0 radical (unpaired) electrons. The lowest BCUT2D eigenvalue weighted by molar-refractivity contribution is 0.710. The molecule has 3 nitrogen and oxygen atoms in total. The SMILES string of the molecule is CCCCN(c1nc(C)c(CNC)s1)C1CC1. The van der Waals surface area contributed by atoms with Crippen molar-refractivity contribution in [3.63, 3.8) is 0 Å². The van der Waals surface area contributed by atoms with Crippen LogP contribution in [0.4, 0.5) is 5.13 Å². The minimum Gasteiger partial charge on any atom is -0.345 e. The van der Waals surface area contributed by atoms with Crippen molar-refractivity contribution < 1.29 is 0 Å². The summed E-state index contributed by atoms with van der Waals surface area (Å²) < 4.78 is 0. The van der Waals surface area contributed by atoms with Crippen LogP contribution in [0.2, 0.25) is 0 Å². The fourth-order valence-corrected chi connectivity index (χ4v) is 3.18. The molecule has 0 bridgehead atoms. The monoisotopic (exact) mass is 253 g/mol. The molecule has 1 saturated carbocycles. The number of aromatic nitrogens is 1. The smallest absolute Gasteiger partial charge is 0.186 e. The van der Waals surface area contributed by atoms with E-state index < -0.39 is 0 Å². The minimum absolute atomic E-state index is 0.773. The average molecular weight is 253 g/mol. The summed E-state index contributed by atoms with van der Waals surface area (Å²) in [6.07, 6.45) is 5.24. The van der Waals surface area contributed by atoms with Crippen molar-refractivity contribution in [3.05, 3.63) is 10.6 Å². The summed E-state index contributed by atoms with van der Waals surface area (Å²) in [4.78, 5) is 8.66. The van der Waals surface area contributed by atoms with Crippen LogP contribution in [0.25, 0.3) is 0 Å². The Kier molecular flexibility index (Phi) is 4.40. The third-order valence-corrected chi connectivity index (χ3v) is 4.40. The second kappa shape index (κ2) is 5.83. The molecule has 2 rings (SSSR count). The third-order valence-electron chi connectivity index (χ3n) is 3.20. The molecule has 96 valence electrons. The highest BCUT2D eigenvalue weighted by molar-refractivity contribution is 7.15. The number of thiazole rings is 1. The largest absolute Gasteiger partial charge is 0.345 e. The average Bonchev–Trinajstić information content (AvgIpc) is 3.07. The van der Waals surface area contributed by atoms with Crippen molar-refractivity contribution in [2.75, 3.05) is 18.5 Å². The fraction of sp³-hybridized carbons (Fsp3) is 0.769. The Bertz CT molecular complexity index is 358. The molecule has 1 N–H and O–H groups in total. The first-order valence-corrected chi connectivity index (χ1v) is 7.45. The van der Waals surface area contributed by atoms with Gasteiger partial charge in [-0.1, -0.05) is 13.3 Å². The van der Waals surface area contributed by atoms with Crippen LogP contribution >= 0.6 is 11.3 Å². The highest BCUT2D eigenvalue weighted by atomic mass is 32.1. The Hall–Kier alpha value is -0.610. The molecular formula is C13H23N3S. The summed E-state index contributed by atoms with van der Waals surface area (Å²) in [5.41, 5.74) is 1.20. The first-order chi connectivity index (χ1) is 8.26. The van der Waals surface area contributed by atoms with E-state index in [4.69, 9.17) is 4.98 Å². The summed E-state index contributed by atoms with van der Waals surface area (Å²) in [6.45, 7) is 6.49. The predicted molar refractivity (Wildman–Crippen MR) is 74.9 cm³/mol. The summed E-state index contributed by atoms with van der Waals surface area (Å²) in [7, 11) is 1.99. The molecule has 1 fully saturated rings. The van der Waals surface area contributed by atoms with E-state index in [0.29, 0.717) is 0 Å². The summed E-state index contributed by atoms with van der Waals surface area (Å²) in [5.74, 6) is 0. The topological polar surface area (TPSA) is 28.2 Å². The summed E-state index contributed by atoms with van der Waals surface area (Å²) in [6, 6.07) is 0.773. The molecule has 0 aromatic carbocycles. The van der Waals surface area contributed by atoms with Crippen molar-refractivity contribution in [2.24, 2.45) is 0 Å². The molecule has 0 atom stereocenters. The van der Waals surface area contributed by atoms with E-state index in [0.717, 1.165) is 12.6 Å². The van der Waals surface area contributed by atoms with Crippen LogP contribution in [0, 0.1) is 6.92 Å². The Balaban J connectivity index is 2.09. The molecule has 0 spiro atoms. The van der Waals surface area contributed by atoms with Crippen LogP contribution in [-0.2, 0) is 6.54 Å². The zero-order chi connectivity index (χ0) is 12.3. The van der Waals surface area contributed by atoms with Gasteiger partial charge in [0.05, 0.1) is 5.69 Å². The zero-order valence-electron chi connectivity index (χ0n) is 11.1. The molecular weight excluding hydrogens is 230 g/mol. The van der Waals surface area contributed by atoms with Crippen LogP contribution in [0.3, 0.4) is 0 Å². The summed E-state index contributed by atoms with van der Waals surface area (Å²) >= 11 is 1.86. The van der Waals surface area contributed by atoms with E-state index in [9.17, 15) is 0 Å². The lowest BCUT2D eigenvalue weighted by atomic mass is 10.3. The Morgan fingerprint density at radius 3 is 2.82 bits per heavy atom. The van der Waals surface area contributed by atoms with Crippen molar-refractivity contribution in [3.8, 4) is 0 Å². The lowest BCUT2D eigenvalue weighted by Gasteiger charge is -2.20. The van der Waals surface area contributed by atoms with E-state index in [-0.39, 0.29) is 0 Å². The van der Waals surface area contributed by atoms with Crippen LogP contribution in [0.1, 0.15) is 43.2 Å². The van der Waals surface area contributed by atoms with Gasteiger partial charge in [-0.25, -0.2) is 4.98 Å². The number of nitrogens with zero attached hydrogens (tertiary/aromatic N) is 2. The van der Waals surface area contributed by atoms with Gasteiger partial charge in [-0.05, 0) is 33.2 Å². The van der Waals surface area contributed by atoms with Gasteiger partial charge in [-0.3, -0.25) is 0 Å². The van der Waals surface area contributed by atoms with E-state index in [1.807, 2.05) is 18.4 Å². The number of rotatable bonds is 7. The second-order valence-corrected chi connectivity index (χ2v) is 5.88. The van der Waals surface area contributed by atoms with Gasteiger partial charge in [-0.2, -0.15) is 0 Å². The van der Waals surface area contributed by atoms with Gasteiger partial charge in [0.1, 0.15) is 0 Å². The number of aryl methyl sites for hydroxylation is 1. The van der Waals surface area contributed by atoms with Crippen LogP contribution in [-0.4, -0.2) is 24.6 Å². The van der Waals surface area contributed by atoms with Crippen molar-refractivity contribution in [1.82, 2.24) is 10.3 Å². The van der Waals surface area contributed by atoms with E-state index >= 15 is 0 Å². The van der Waals surface area contributed by atoms with Gasteiger partial charge in [0.15, 0.2) is 5.13 Å². The molecule has 17 heavy (non-hydrogen) atoms. The van der Waals surface area contributed by atoms with E-state index in [1.165, 1.54) is 47.9 Å². The number of hydrogen-bond donors (Lipinski definition) is 1. The molecule has 1 aromatic rings. The van der Waals surface area contributed by atoms with Crippen molar-refractivity contribution >= 4 is 16.5 Å². The first-order valence-electron chi connectivity index (χ1n) is 6.63. The maximum atomic E-state index is 4.75. The lowest BCUT2D eigenvalue weighted by Crippen LogP contribution is -2.26. The van der Waals surface area contributed by atoms with Crippen molar-refractivity contribution in [1.29, 1.82) is 0 Å². The van der Waals surface area contributed by atoms with Gasteiger partial charge in [0, 0.05) is 24.0 Å². The number of nitrogens with one attached hydrogen (secondary N) is 1. The minimum atomic E-state index is 0.773.